The van der Waals surface area contributed by atoms with E-state index in [0.717, 1.165) is 5.69 Å². The van der Waals surface area contributed by atoms with Crippen molar-refractivity contribution in [2.75, 3.05) is 5.32 Å². The van der Waals surface area contributed by atoms with Crippen LogP contribution in [0, 0.1) is 0 Å². The Morgan fingerprint density at radius 3 is 1.95 bits per heavy atom. The molecule has 0 aromatic heterocycles. The maximum Gasteiger partial charge on any atom is 0.0459 e. The highest BCUT2D eigenvalue weighted by Gasteiger charge is 2.16. The second-order valence-electron chi connectivity index (χ2n) is 5.16. The normalized spacial score (nSPS) is 12.5. The van der Waals surface area contributed by atoms with Gasteiger partial charge in [-0.2, -0.15) is 0 Å². The molecule has 0 saturated carbocycles. The molecule has 0 radical (unpaired) electrons. The summed E-state index contributed by atoms with van der Waals surface area (Å²) in [6.45, 7) is 0. The Labute approximate surface area is 124 Å². The van der Waals surface area contributed by atoms with Crippen molar-refractivity contribution < 1.29 is 0 Å². The monoisotopic (exact) mass is 269 g/mol. The zero-order valence-corrected chi connectivity index (χ0v) is 11.6. The third kappa shape index (κ3) is 2.03. The highest BCUT2D eigenvalue weighted by molar-refractivity contribution is 5.95. The van der Waals surface area contributed by atoms with Crippen molar-refractivity contribution in [2.45, 2.75) is 0 Å². The van der Waals surface area contributed by atoms with E-state index >= 15 is 0 Å². The molecule has 0 bridgehead atoms. The molecule has 0 aliphatic carbocycles. The van der Waals surface area contributed by atoms with Gasteiger partial charge in [0.05, 0.1) is 0 Å². The SMILES string of the molecule is C1=C(c2ccccc2)c2ccccc2-c2ccccc2N1. The number of hydrogen-bond donors (Lipinski definition) is 1. The first-order valence-corrected chi connectivity index (χ1v) is 7.14. The summed E-state index contributed by atoms with van der Waals surface area (Å²) in [6, 6.07) is 27.5. The lowest BCUT2D eigenvalue weighted by molar-refractivity contribution is 1.54. The number of para-hydroxylation sites is 1. The average Bonchev–Trinajstić information content (AvgIpc) is 2.73. The van der Waals surface area contributed by atoms with Gasteiger partial charge in [0.1, 0.15) is 0 Å². The van der Waals surface area contributed by atoms with Crippen LogP contribution in [-0.2, 0) is 0 Å². The van der Waals surface area contributed by atoms with E-state index in [4.69, 9.17) is 0 Å². The van der Waals surface area contributed by atoms with Gasteiger partial charge in [-0.15, -0.1) is 0 Å². The number of fused-ring (bicyclic) bond motifs is 3. The summed E-state index contributed by atoms with van der Waals surface area (Å²) in [5, 5.41) is 3.46. The number of anilines is 1. The van der Waals surface area contributed by atoms with E-state index in [1.165, 1.54) is 27.8 Å². The Morgan fingerprint density at radius 2 is 1.14 bits per heavy atom. The van der Waals surface area contributed by atoms with E-state index in [0.29, 0.717) is 0 Å². The first-order chi connectivity index (χ1) is 10.4. The largest absolute Gasteiger partial charge is 0.361 e. The number of benzene rings is 3. The molecule has 0 fully saturated rings. The minimum atomic E-state index is 1.15. The third-order valence-corrected chi connectivity index (χ3v) is 3.89. The van der Waals surface area contributed by atoms with Crippen molar-refractivity contribution in [1.29, 1.82) is 0 Å². The van der Waals surface area contributed by atoms with Crippen LogP contribution in [-0.4, -0.2) is 0 Å². The Hall–Kier alpha value is -2.80. The van der Waals surface area contributed by atoms with E-state index in [-0.39, 0.29) is 0 Å². The second-order valence-corrected chi connectivity index (χ2v) is 5.16. The maximum atomic E-state index is 3.46. The summed E-state index contributed by atoms with van der Waals surface area (Å²) in [5.74, 6) is 0. The summed E-state index contributed by atoms with van der Waals surface area (Å²) in [7, 11) is 0. The van der Waals surface area contributed by atoms with Gasteiger partial charge in [0.15, 0.2) is 0 Å². The van der Waals surface area contributed by atoms with Crippen LogP contribution in [0.5, 0.6) is 0 Å². The van der Waals surface area contributed by atoms with Crippen LogP contribution < -0.4 is 5.32 Å². The van der Waals surface area contributed by atoms with E-state index in [2.05, 4.69) is 90.4 Å². The van der Waals surface area contributed by atoms with Crippen molar-refractivity contribution in [3.8, 4) is 11.1 Å². The van der Waals surface area contributed by atoms with E-state index < -0.39 is 0 Å². The molecule has 0 atom stereocenters. The van der Waals surface area contributed by atoms with Gasteiger partial charge in [0.25, 0.3) is 0 Å². The highest BCUT2D eigenvalue weighted by Crippen LogP contribution is 2.38. The van der Waals surface area contributed by atoms with Crippen LogP contribution in [0.2, 0.25) is 0 Å². The van der Waals surface area contributed by atoms with Gasteiger partial charge >= 0.3 is 0 Å². The number of nitrogens with one attached hydrogen (secondary N) is 1. The lowest BCUT2D eigenvalue weighted by Crippen LogP contribution is -1.91. The van der Waals surface area contributed by atoms with Crippen LogP contribution in [0.3, 0.4) is 0 Å². The molecule has 1 N–H and O–H groups in total. The van der Waals surface area contributed by atoms with Crippen LogP contribution >= 0.6 is 0 Å². The zero-order chi connectivity index (χ0) is 14.1. The van der Waals surface area contributed by atoms with Gasteiger partial charge in [0.2, 0.25) is 0 Å². The third-order valence-electron chi connectivity index (χ3n) is 3.89. The Balaban J connectivity index is 1.99. The fourth-order valence-corrected chi connectivity index (χ4v) is 2.88. The smallest absolute Gasteiger partial charge is 0.0459 e. The second kappa shape index (κ2) is 4.95. The molecule has 21 heavy (non-hydrogen) atoms. The van der Waals surface area contributed by atoms with Crippen LogP contribution in [0.25, 0.3) is 16.7 Å². The van der Waals surface area contributed by atoms with E-state index in [1.54, 1.807) is 0 Å². The lowest BCUT2D eigenvalue weighted by atomic mass is 9.92. The predicted molar refractivity (Wildman–Crippen MR) is 89.0 cm³/mol. The standard InChI is InChI=1S/C20H15N/c1-2-8-15(9-3-1)19-14-21-20-13-7-6-12-18(20)16-10-4-5-11-17(16)19/h1-14,21H. The summed E-state index contributed by atoms with van der Waals surface area (Å²) in [5.41, 5.74) is 7.38. The van der Waals surface area contributed by atoms with Gasteiger partial charge in [-0.25, -0.2) is 0 Å². The molecule has 3 aromatic rings. The van der Waals surface area contributed by atoms with Gasteiger partial charge in [-0.3, -0.25) is 0 Å². The molecule has 3 aromatic carbocycles. The van der Waals surface area contributed by atoms with Gasteiger partial charge in [0, 0.05) is 23.0 Å². The van der Waals surface area contributed by atoms with Crippen LogP contribution in [0.15, 0.2) is 85.1 Å². The molecule has 0 spiro atoms. The summed E-state index contributed by atoms with van der Waals surface area (Å²) in [4.78, 5) is 0. The van der Waals surface area contributed by atoms with Gasteiger partial charge in [-0.1, -0.05) is 72.8 Å². The minimum Gasteiger partial charge on any atom is -0.361 e. The van der Waals surface area contributed by atoms with Crippen molar-refractivity contribution in [3.63, 3.8) is 0 Å². The van der Waals surface area contributed by atoms with Crippen molar-refractivity contribution in [2.24, 2.45) is 0 Å². The molecule has 4 rings (SSSR count). The molecule has 1 heterocycles. The highest BCUT2D eigenvalue weighted by atomic mass is 14.8. The summed E-state index contributed by atoms with van der Waals surface area (Å²) >= 11 is 0. The molecule has 100 valence electrons. The quantitative estimate of drug-likeness (QED) is 0.642. The molecule has 1 nitrogen and oxygen atoms in total. The first kappa shape index (κ1) is 12.0. The Bertz CT molecular complexity index is 816. The van der Waals surface area contributed by atoms with Crippen LogP contribution in [0.1, 0.15) is 11.1 Å². The fourth-order valence-electron chi connectivity index (χ4n) is 2.88. The predicted octanol–water partition coefficient (Wildman–Crippen LogP) is 5.17. The molecule has 0 saturated heterocycles. The van der Waals surface area contributed by atoms with Gasteiger partial charge in [-0.05, 0) is 22.8 Å². The van der Waals surface area contributed by atoms with Gasteiger partial charge < -0.3 is 5.32 Å². The summed E-state index contributed by atoms with van der Waals surface area (Å²) < 4.78 is 0. The Kier molecular flexibility index (Phi) is 2.82. The lowest BCUT2D eigenvalue weighted by Gasteiger charge is -2.11. The number of rotatable bonds is 1. The molecular formula is C20H15N. The Morgan fingerprint density at radius 1 is 0.524 bits per heavy atom. The molecule has 1 aliphatic heterocycles. The number of hydrogen-bond acceptors (Lipinski definition) is 1. The first-order valence-electron chi connectivity index (χ1n) is 7.14. The fraction of sp³-hybridized carbons (Fsp3) is 0. The zero-order valence-electron chi connectivity index (χ0n) is 11.6. The van der Waals surface area contributed by atoms with Crippen molar-refractivity contribution in [3.05, 3.63) is 96.2 Å². The maximum absolute atomic E-state index is 3.46. The molecule has 1 heteroatoms. The van der Waals surface area contributed by atoms with Crippen LogP contribution in [0.4, 0.5) is 5.69 Å². The average molecular weight is 269 g/mol. The summed E-state index contributed by atoms with van der Waals surface area (Å²) in [6.07, 6.45) is 2.11. The van der Waals surface area contributed by atoms with E-state index in [1.807, 2.05) is 0 Å². The molecule has 1 aliphatic rings. The van der Waals surface area contributed by atoms with Crippen molar-refractivity contribution >= 4 is 11.3 Å². The minimum absolute atomic E-state index is 1.15. The molecule has 0 unspecified atom stereocenters. The molecular weight excluding hydrogens is 254 g/mol. The van der Waals surface area contributed by atoms with Crippen molar-refractivity contribution in [1.82, 2.24) is 0 Å². The van der Waals surface area contributed by atoms with E-state index in [9.17, 15) is 0 Å². The molecule has 0 amide bonds. The topological polar surface area (TPSA) is 12.0 Å².